The number of nitrogens with zero attached hydrogens (tertiary/aromatic N) is 4. The maximum atomic E-state index is 12.0. The number of aromatic nitrogens is 2. The van der Waals surface area contributed by atoms with Gasteiger partial charge < -0.3 is 9.64 Å². The number of methoxy groups -OCH3 is 1. The normalized spacial score (nSPS) is 17.6. The van der Waals surface area contributed by atoms with Gasteiger partial charge in [-0.2, -0.15) is 0 Å². The summed E-state index contributed by atoms with van der Waals surface area (Å²) in [4.78, 5) is 20.6. The van der Waals surface area contributed by atoms with E-state index in [4.69, 9.17) is 16.3 Å². The molecule has 0 N–H and O–H groups in total. The van der Waals surface area contributed by atoms with E-state index in [1.165, 1.54) is 13.4 Å². The number of piperazine rings is 1. The molecule has 106 valence electrons. The van der Waals surface area contributed by atoms with Gasteiger partial charge in [0.1, 0.15) is 0 Å². The molecule has 19 heavy (non-hydrogen) atoms. The fourth-order valence-electron chi connectivity index (χ4n) is 2.10. The molecule has 0 saturated carbocycles. The zero-order valence-electron chi connectivity index (χ0n) is 11.3. The molecule has 1 fully saturated rings. The van der Waals surface area contributed by atoms with E-state index < -0.39 is 0 Å². The van der Waals surface area contributed by atoms with Crippen molar-refractivity contribution in [3.63, 3.8) is 0 Å². The summed E-state index contributed by atoms with van der Waals surface area (Å²) < 4.78 is 6.52. The van der Waals surface area contributed by atoms with Gasteiger partial charge in [0.2, 0.25) is 5.75 Å². The summed E-state index contributed by atoms with van der Waals surface area (Å²) in [6.45, 7) is 5.63. The van der Waals surface area contributed by atoms with Crippen LogP contribution in [0.25, 0.3) is 0 Å². The lowest BCUT2D eigenvalue weighted by Gasteiger charge is -2.32. The van der Waals surface area contributed by atoms with Crippen molar-refractivity contribution < 1.29 is 4.74 Å². The van der Waals surface area contributed by atoms with Crippen molar-refractivity contribution >= 4 is 11.6 Å². The Labute approximate surface area is 117 Å². The lowest BCUT2D eigenvalue weighted by atomic mass is 10.3. The van der Waals surface area contributed by atoms with Gasteiger partial charge >= 0.3 is 0 Å². The van der Waals surface area contributed by atoms with Gasteiger partial charge in [0.25, 0.3) is 5.56 Å². The van der Waals surface area contributed by atoms with Gasteiger partial charge in [0.05, 0.1) is 13.4 Å². The summed E-state index contributed by atoms with van der Waals surface area (Å²) in [5, 5.41) is 0.114. The van der Waals surface area contributed by atoms with E-state index in [0.717, 1.165) is 32.7 Å². The molecule has 1 aliphatic rings. The minimum Gasteiger partial charge on any atom is -0.489 e. The van der Waals surface area contributed by atoms with Crippen LogP contribution in [0.15, 0.2) is 11.1 Å². The van der Waals surface area contributed by atoms with Crippen molar-refractivity contribution in [3.05, 3.63) is 21.8 Å². The molecular formula is C12H19ClN4O2. The largest absolute Gasteiger partial charge is 0.489 e. The summed E-state index contributed by atoms with van der Waals surface area (Å²) in [6.07, 6.45) is 1.48. The fourth-order valence-corrected chi connectivity index (χ4v) is 2.30. The second-order valence-electron chi connectivity index (χ2n) is 4.71. The number of rotatable bonds is 4. The van der Waals surface area contributed by atoms with Crippen molar-refractivity contribution in [2.24, 2.45) is 0 Å². The molecule has 0 spiro atoms. The Morgan fingerprint density at radius 2 is 2.00 bits per heavy atom. The van der Waals surface area contributed by atoms with Gasteiger partial charge in [-0.25, -0.2) is 4.98 Å². The van der Waals surface area contributed by atoms with Gasteiger partial charge in [-0.1, -0.05) is 11.6 Å². The standard InChI is InChI=1S/C12H19ClN4O2/c1-15-3-5-16(6-4-15)7-8-17-9-14-11(13)10(19-2)12(17)18/h9H,3-8H2,1-2H3. The average molecular weight is 287 g/mol. The number of hydrogen-bond donors (Lipinski definition) is 0. The highest BCUT2D eigenvalue weighted by atomic mass is 35.5. The van der Waals surface area contributed by atoms with Crippen LogP contribution in [0.4, 0.5) is 0 Å². The molecule has 1 aromatic rings. The predicted octanol–water partition coefficient (Wildman–Crippen LogP) is 0.153. The topological polar surface area (TPSA) is 50.6 Å². The van der Waals surface area contributed by atoms with Crippen LogP contribution in [-0.4, -0.2) is 66.2 Å². The average Bonchev–Trinajstić information content (AvgIpc) is 2.40. The Hall–Kier alpha value is -1.11. The van der Waals surface area contributed by atoms with Crippen LogP contribution in [0.5, 0.6) is 5.75 Å². The molecule has 0 atom stereocenters. The SMILES string of the molecule is COc1c(Cl)ncn(CCN2CCN(C)CC2)c1=O. The molecule has 2 heterocycles. The van der Waals surface area contributed by atoms with E-state index in [1.54, 1.807) is 4.57 Å². The van der Waals surface area contributed by atoms with Gasteiger partial charge in [0.15, 0.2) is 5.15 Å². The van der Waals surface area contributed by atoms with Crippen LogP contribution in [0.3, 0.4) is 0 Å². The lowest BCUT2D eigenvalue weighted by molar-refractivity contribution is 0.149. The summed E-state index contributed by atoms with van der Waals surface area (Å²) in [7, 11) is 3.55. The molecule has 0 radical (unpaired) electrons. The maximum Gasteiger partial charge on any atom is 0.297 e. The third-order valence-electron chi connectivity index (χ3n) is 3.41. The summed E-state index contributed by atoms with van der Waals surface area (Å²) in [5.74, 6) is 0.113. The highest BCUT2D eigenvalue weighted by Gasteiger charge is 2.15. The first-order valence-electron chi connectivity index (χ1n) is 6.31. The van der Waals surface area contributed by atoms with E-state index in [9.17, 15) is 4.79 Å². The third-order valence-corrected chi connectivity index (χ3v) is 3.68. The first kappa shape index (κ1) is 14.3. The Bertz CT molecular complexity index is 483. The molecule has 1 saturated heterocycles. The summed E-state index contributed by atoms with van der Waals surface area (Å²) in [6, 6.07) is 0. The number of hydrogen-bond acceptors (Lipinski definition) is 5. The van der Waals surface area contributed by atoms with Crippen molar-refractivity contribution in [2.75, 3.05) is 46.9 Å². The fraction of sp³-hybridized carbons (Fsp3) is 0.667. The third kappa shape index (κ3) is 3.46. The van der Waals surface area contributed by atoms with Crippen molar-refractivity contribution in [1.29, 1.82) is 0 Å². The summed E-state index contributed by atoms with van der Waals surface area (Å²) in [5.41, 5.74) is -0.225. The quantitative estimate of drug-likeness (QED) is 0.738. The maximum absolute atomic E-state index is 12.0. The van der Waals surface area contributed by atoms with Crippen LogP contribution in [0.1, 0.15) is 0 Å². The Balaban J connectivity index is 1.98. The van der Waals surface area contributed by atoms with Crippen LogP contribution < -0.4 is 10.3 Å². The Morgan fingerprint density at radius 1 is 1.32 bits per heavy atom. The van der Waals surface area contributed by atoms with Crippen LogP contribution in [-0.2, 0) is 6.54 Å². The first-order chi connectivity index (χ1) is 9.11. The van der Waals surface area contributed by atoms with Gasteiger partial charge in [-0.15, -0.1) is 0 Å². The van der Waals surface area contributed by atoms with E-state index >= 15 is 0 Å². The van der Waals surface area contributed by atoms with Gasteiger partial charge in [0, 0.05) is 39.3 Å². The number of likely N-dealkylation sites (N-methyl/N-ethyl adjacent to an activating group) is 1. The molecule has 7 heteroatoms. The number of halogens is 1. The highest BCUT2D eigenvalue weighted by molar-refractivity contribution is 6.30. The minimum absolute atomic E-state index is 0.113. The van der Waals surface area contributed by atoms with Crippen LogP contribution in [0.2, 0.25) is 5.15 Å². The zero-order chi connectivity index (χ0) is 13.8. The molecular weight excluding hydrogens is 268 g/mol. The molecule has 0 unspecified atom stereocenters. The van der Waals surface area contributed by atoms with Gasteiger partial charge in [-0.3, -0.25) is 14.3 Å². The second kappa shape index (κ2) is 6.36. The van der Waals surface area contributed by atoms with Crippen molar-refractivity contribution in [3.8, 4) is 5.75 Å². The second-order valence-corrected chi connectivity index (χ2v) is 5.07. The Kier molecular flexibility index (Phi) is 4.79. The van der Waals surface area contributed by atoms with Crippen molar-refractivity contribution in [2.45, 2.75) is 6.54 Å². The highest BCUT2D eigenvalue weighted by Crippen LogP contribution is 2.14. The summed E-state index contributed by atoms with van der Waals surface area (Å²) >= 11 is 5.80. The monoisotopic (exact) mass is 286 g/mol. The van der Waals surface area contributed by atoms with Crippen molar-refractivity contribution in [1.82, 2.24) is 19.4 Å². The predicted molar refractivity (Wildman–Crippen MR) is 74.0 cm³/mol. The zero-order valence-corrected chi connectivity index (χ0v) is 12.1. The molecule has 1 aliphatic heterocycles. The van der Waals surface area contributed by atoms with Gasteiger partial charge in [-0.05, 0) is 7.05 Å². The van der Waals surface area contributed by atoms with E-state index in [0.29, 0.717) is 6.54 Å². The Morgan fingerprint density at radius 3 is 2.63 bits per heavy atom. The van der Waals surface area contributed by atoms with E-state index in [1.807, 2.05) is 0 Å². The molecule has 0 amide bonds. The lowest BCUT2D eigenvalue weighted by Crippen LogP contribution is -2.45. The van der Waals surface area contributed by atoms with E-state index in [-0.39, 0.29) is 16.5 Å². The van der Waals surface area contributed by atoms with Crippen LogP contribution >= 0.6 is 11.6 Å². The molecule has 6 nitrogen and oxygen atoms in total. The molecule has 0 aromatic carbocycles. The number of ether oxygens (including phenoxy) is 1. The smallest absolute Gasteiger partial charge is 0.297 e. The van der Waals surface area contributed by atoms with E-state index in [2.05, 4.69) is 21.8 Å². The van der Waals surface area contributed by atoms with Crippen LogP contribution in [0, 0.1) is 0 Å². The molecule has 0 bridgehead atoms. The molecule has 1 aromatic heterocycles. The minimum atomic E-state index is -0.225. The first-order valence-corrected chi connectivity index (χ1v) is 6.69. The molecule has 2 rings (SSSR count). The molecule has 0 aliphatic carbocycles.